The lowest BCUT2D eigenvalue weighted by molar-refractivity contribution is -0.141. The Labute approximate surface area is 211 Å². The van der Waals surface area contributed by atoms with E-state index in [0.717, 1.165) is 31.6 Å². The molecule has 0 aromatic rings. The first-order valence-corrected chi connectivity index (χ1v) is 14.0. The lowest BCUT2D eigenvalue weighted by atomic mass is 9.53. The van der Waals surface area contributed by atoms with Gasteiger partial charge >= 0.3 is 5.97 Å². The van der Waals surface area contributed by atoms with Gasteiger partial charge < -0.3 is 4.74 Å². The minimum Gasteiger partial charge on any atom is -0.466 e. The third-order valence-corrected chi connectivity index (χ3v) is 9.03. The van der Waals surface area contributed by atoms with Crippen LogP contribution in [0.4, 0.5) is 0 Å². The van der Waals surface area contributed by atoms with Crippen molar-refractivity contribution in [2.45, 2.75) is 133 Å². The number of carbonyl (C=O) groups is 1. The quantitative estimate of drug-likeness (QED) is 0.171. The van der Waals surface area contributed by atoms with Crippen molar-refractivity contribution in [3.63, 3.8) is 0 Å². The van der Waals surface area contributed by atoms with Gasteiger partial charge in [-0.25, -0.2) is 0 Å². The molecular weight excluding hydrogens is 416 g/mol. The summed E-state index contributed by atoms with van der Waals surface area (Å²) in [5.41, 5.74) is 9.10. The third kappa shape index (κ3) is 8.42. The molecule has 2 rings (SSSR count). The molecule has 0 heterocycles. The summed E-state index contributed by atoms with van der Waals surface area (Å²) >= 11 is 0. The average Bonchev–Trinajstić information content (AvgIpc) is 2.74. The summed E-state index contributed by atoms with van der Waals surface area (Å²) in [5, 5.41) is 0. The van der Waals surface area contributed by atoms with Crippen LogP contribution in [0.5, 0.6) is 0 Å². The van der Waals surface area contributed by atoms with Gasteiger partial charge in [-0.05, 0) is 121 Å². The Balaban J connectivity index is 1.90. The standard InChI is InChI=1S/C32H54O2/c1-23(2)28(25(4)13-11-21-34-27(6)33)16-15-24(3)12-10-14-29-26(5)17-18-32(9)20-19-31(7,8)22-30(29)32/h12,25,30H,10-11,13-22H2,1-9H3/b24-12+/t25?,30-,32-/m0/s1. The van der Waals surface area contributed by atoms with Gasteiger partial charge in [0.1, 0.15) is 0 Å². The summed E-state index contributed by atoms with van der Waals surface area (Å²) in [4.78, 5) is 11.0. The number of carbonyl (C=O) groups excluding carboxylic acids is 1. The highest BCUT2D eigenvalue weighted by Crippen LogP contribution is 2.57. The molecule has 0 aliphatic heterocycles. The Hall–Kier alpha value is -1.31. The first kappa shape index (κ1) is 28.9. The fraction of sp³-hybridized carbons (Fsp3) is 0.781. The van der Waals surface area contributed by atoms with Crippen molar-refractivity contribution in [1.82, 2.24) is 0 Å². The molecule has 0 aromatic heterocycles. The molecule has 1 fully saturated rings. The molecule has 1 saturated carbocycles. The summed E-state index contributed by atoms with van der Waals surface area (Å²) in [5.74, 6) is 1.17. The van der Waals surface area contributed by atoms with Crippen molar-refractivity contribution >= 4 is 5.97 Å². The number of fused-ring (bicyclic) bond motifs is 1. The monoisotopic (exact) mass is 470 g/mol. The minimum atomic E-state index is -0.174. The molecule has 1 unspecified atom stereocenters. The second kappa shape index (κ2) is 12.6. The van der Waals surface area contributed by atoms with Gasteiger partial charge in [-0.15, -0.1) is 0 Å². The predicted octanol–water partition coefficient (Wildman–Crippen LogP) is 9.75. The van der Waals surface area contributed by atoms with Gasteiger partial charge in [-0.2, -0.15) is 0 Å². The molecule has 194 valence electrons. The zero-order chi connectivity index (χ0) is 25.5. The zero-order valence-electron chi connectivity index (χ0n) is 24.0. The van der Waals surface area contributed by atoms with E-state index in [-0.39, 0.29) is 5.97 Å². The van der Waals surface area contributed by atoms with Gasteiger partial charge in [-0.3, -0.25) is 4.79 Å². The van der Waals surface area contributed by atoms with Crippen LogP contribution in [0.15, 0.2) is 33.9 Å². The normalized spacial score (nSPS) is 25.6. The van der Waals surface area contributed by atoms with Crippen LogP contribution < -0.4 is 0 Å². The fourth-order valence-electron chi connectivity index (χ4n) is 6.54. The summed E-state index contributed by atoms with van der Waals surface area (Å²) in [7, 11) is 0. The molecule has 0 radical (unpaired) electrons. The lowest BCUT2D eigenvalue weighted by Crippen LogP contribution is -2.41. The molecule has 2 heteroatoms. The molecule has 0 aromatic carbocycles. The van der Waals surface area contributed by atoms with E-state index in [4.69, 9.17) is 4.74 Å². The van der Waals surface area contributed by atoms with Gasteiger partial charge in [0.2, 0.25) is 0 Å². The summed E-state index contributed by atoms with van der Waals surface area (Å²) < 4.78 is 5.12. The van der Waals surface area contributed by atoms with Crippen LogP contribution in [0, 0.1) is 22.7 Å². The largest absolute Gasteiger partial charge is 0.466 e. The molecule has 3 atom stereocenters. The van der Waals surface area contributed by atoms with E-state index in [2.05, 4.69) is 61.5 Å². The molecule has 0 spiro atoms. The molecule has 2 aliphatic carbocycles. The maximum atomic E-state index is 11.0. The van der Waals surface area contributed by atoms with Crippen LogP contribution in [-0.2, 0) is 9.53 Å². The van der Waals surface area contributed by atoms with Crippen molar-refractivity contribution < 1.29 is 9.53 Å². The number of ether oxygens (including phenoxy) is 1. The fourth-order valence-corrected chi connectivity index (χ4v) is 6.54. The van der Waals surface area contributed by atoms with Crippen LogP contribution in [-0.4, -0.2) is 12.6 Å². The predicted molar refractivity (Wildman–Crippen MR) is 147 cm³/mol. The molecular formula is C32H54O2. The molecule has 34 heavy (non-hydrogen) atoms. The molecule has 2 aliphatic rings. The average molecular weight is 471 g/mol. The second-order valence-corrected chi connectivity index (χ2v) is 12.9. The topological polar surface area (TPSA) is 26.3 Å². The van der Waals surface area contributed by atoms with E-state index in [0.29, 0.717) is 23.4 Å². The van der Waals surface area contributed by atoms with Crippen LogP contribution >= 0.6 is 0 Å². The van der Waals surface area contributed by atoms with Crippen molar-refractivity contribution in [2.75, 3.05) is 6.61 Å². The number of hydrogen-bond acceptors (Lipinski definition) is 2. The van der Waals surface area contributed by atoms with Crippen molar-refractivity contribution in [1.29, 1.82) is 0 Å². The first-order valence-electron chi connectivity index (χ1n) is 14.0. The number of esters is 1. The zero-order valence-corrected chi connectivity index (χ0v) is 24.0. The van der Waals surface area contributed by atoms with Gasteiger partial charge in [-0.1, -0.05) is 61.6 Å². The molecule has 0 bridgehead atoms. The molecule has 2 nitrogen and oxygen atoms in total. The smallest absolute Gasteiger partial charge is 0.302 e. The SMILES string of the molecule is CC(=O)OCCCC(C)C(CC/C(C)=C/CCC1=C(C)CC[C@@]2(C)CCC(C)(C)C[C@@H]12)=C(C)C. The van der Waals surface area contributed by atoms with Crippen LogP contribution in [0.3, 0.4) is 0 Å². The van der Waals surface area contributed by atoms with E-state index in [1.54, 1.807) is 16.7 Å². The van der Waals surface area contributed by atoms with Gasteiger partial charge in [0.25, 0.3) is 0 Å². The van der Waals surface area contributed by atoms with E-state index < -0.39 is 0 Å². The first-order chi connectivity index (χ1) is 15.8. The van der Waals surface area contributed by atoms with Crippen LogP contribution in [0.2, 0.25) is 0 Å². The van der Waals surface area contributed by atoms with Crippen molar-refractivity contribution in [3.05, 3.63) is 33.9 Å². The highest BCUT2D eigenvalue weighted by atomic mass is 16.5. The number of hydrogen-bond donors (Lipinski definition) is 0. The maximum Gasteiger partial charge on any atom is 0.302 e. The summed E-state index contributed by atoms with van der Waals surface area (Å²) in [6.07, 6.45) is 16.2. The summed E-state index contributed by atoms with van der Waals surface area (Å²) in [6, 6.07) is 0. The maximum absolute atomic E-state index is 11.0. The lowest BCUT2D eigenvalue weighted by Gasteiger charge is -2.52. The molecule has 0 saturated heterocycles. The molecule has 0 N–H and O–H groups in total. The van der Waals surface area contributed by atoms with Crippen LogP contribution in [0.1, 0.15) is 133 Å². The highest BCUT2D eigenvalue weighted by Gasteiger charge is 2.45. The Kier molecular flexibility index (Phi) is 10.7. The number of rotatable bonds is 11. The van der Waals surface area contributed by atoms with E-state index in [1.807, 2.05) is 0 Å². The second-order valence-electron chi connectivity index (χ2n) is 12.9. The Morgan fingerprint density at radius 2 is 1.79 bits per heavy atom. The van der Waals surface area contributed by atoms with Gasteiger partial charge in [0.15, 0.2) is 0 Å². The minimum absolute atomic E-state index is 0.174. The highest BCUT2D eigenvalue weighted by molar-refractivity contribution is 5.65. The van der Waals surface area contributed by atoms with Crippen LogP contribution in [0.25, 0.3) is 0 Å². The third-order valence-electron chi connectivity index (χ3n) is 9.03. The van der Waals surface area contributed by atoms with Crippen molar-refractivity contribution in [2.24, 2.45) is 22.7 Å². The summed E-state index contributed by atoms with van der Waals surface area (Å²) in [6.45, 7) is 21.1. The van der Waals surface area contributed by atoms with E-state index in [1.165, 1.54) is 63.0 Å². The van der Waals surface area contributed by atoms with Gasteiger partial charge in [0, 0.05) is 6.92 Å². The Morgan fingerprint density at radius 3 is 2.44 bits per heavy atom. The van der Waals surface area contributed by atoms with Gasteiger partial charge in [0.05, 0.1) is 6.61 Å². The van der Waals surface area contributed by atoms with E-state index >= 15 is 0 Å². The van der Waals surface area contributed by atoms with Crippen molar-refractivity contribution in [3.8, 4) is 0 Å². The Bertz CT molecular complexity index is 790. The molecule has 0 amide bonds. The van der Waals surface area contributed by atoms with E-state index in [9.17, 15) is 4.79 Å². The Morgan fingerprint density at radius 1 is 1.09 bits per heavy atom. The number of allylic oxidation sites excluding steroid dienone is 6.